The van der Waals surface area contributed by atoms with Crippen molar-refractivity contribution in [3.63, 3.8) is 0 Å². The van der Waals surface area contributed by atoms with E-state index in [1.807, 2.05) is 36.1 Å². The van der Waals surface area contributed by atoms with Gasteiger partial charge in [-0.15, -0.1) is 0 Å². The lowest BCUT2D eigenvalue weighted by atomic mass is 10.2. The number of rotatable bonds is 6. The number of carboxylic acid groups (broad SMARTS) is 1. The van der Waals surface area contributed by atoms with Crippen LogP contribution in [-0.2, 0) is 4.79 Å². The van der Waals surface area contributed by atoms with Crippen LogP contribution in [0.4, 0.5) is 5.69 Å². The van der Waals surface area contributed by atoms with Gasteiger partial charge in [0.05, 0.1) is 6.42 Å². The molecule has 1 aromatic rings. The van der Waals surface area contributed by atoms with E-state index < -0.39 is 5.97 Å². The molecule has 0 spiro atoms. The second kappa shape index (κ2) is 6.45. The number of carbonyl (C=O) groups is 1. The number of anilines is 1. The Kier molecular flexibility index (Phi) is 5.22. The van der Waals surface area contributed by atoms with Crippen LogP contribution in [0.1, 0.15) is 13.3 Å². The summed E-state index contributed by atoms with van der Waals surface area (Å²) in [5, 5.41) is 8.73. The molecule has 3 nitrogen and oxygen atoms in total. The highest BCUT2D eigenvalue weighted by molar-refractivity contribution is 9.10. The summed E-state index contributed by atoms with van der Waals surface area (Å²) < 4.78 is 1.01. The standard InChI is InChI=1S/C13H16BrNO2/c1-10(2)9-15(8-7-13(16)17)12-5-3-11(14)4-6-12/h3-6H,1,7-9H2,2H3,(H,16,17). The first-order chi connectivity index (χ1) is 7.99. The van der Waals surface area contributed by atoms with E-state index >= 15 is 0 Å². The van der Waals surface area contributed by atoms with E-state index in [4.69, 9.17) is 5.11 Å². The largest absolute Gasteiger partial charge is 0.481 e. The molecule has 0 unspecified atom stereocenters. The average Bonchev–Trinajstić information content (AvgIpc) is 2.25. The minimum atomic E-state index is -0.783. The topological polar surface area (TPSA) is 40.5 Å². The molecule has 0 saturated carbocycles. The van der Waals surface area contributed by atoms with Crippen LogP contribution in [-0.4, -0.2) is 24.2 Å². The molecule has 0 fully saturated rings. The quantitative estimate of drug-likeness (QED) is 0.819. The van der Waals surface area contributed by atoms with Crippen LogP contribution in [0.3, 0.4) is 0 Å². The van der Waals surface area contributed by atoms with Crippen LogP contribution in [0.2, 0.25) is 0 Å². The Morgan fingerprint density at radius 1 is 1.41 bits per heavy atom. The molecule has 0 aliphatic carbocycles. The highest BCUT2D eigenvalue weighted by Crippen LogP contribution is 2.19. The summed E-state index contributed by atoms with van der Waals surface area (Å²) in [7, 11) is 0. The molecule has 1 rings (SSSR count). The summed E-state index contributed by atoms with van der Waals surface area (Å²) in [6.45, 7) is 6.97. The highest BCUT2D eigenvalue weighted by atomic mass is 79.9. The molecule has 0 aliphatic heterocycles. The van der Waals surface area contributed by atoms with Gasteiger partial charge in [0.1, 0.15) is 0 Å². The minimum Gasteiger partial charge on any atom is -0.481 e. The number of nitrogens with zero attached hydrogens (tertiary/aromatic N) is 1. The lowest BCUT2D eigenvalue weighted by Gasteiger charge is -2.24. The maximum atomic E-state index is 10.6. The predicted octanol–water partition coefficient (Wildman–Crippen LogP) is 3.31. The van der Waals surface area contributed by atoms with Crippen LogP contribution in [0.5, 0.6) is 0 Å². The first-order valence-electron chi connectivity index (χ1n) is 5.35. The molecule has 0 saturated heterocycles. The van der Waals surface area contributed by atoms with Gasteiger partial charge in [-0.3, -0.25) is 4.79 Å². The Morgan fingerprint density at radius 2 is 2.00 bits per heavy atom. The number of carboxylic acids is 1. The number of hydrogen-bond donors (Lipinski definition) is 1. The van der Waals surface area contributed by atoms with Crippen molar-refractivity contribution in [1.82, 2.24) is 0 Å². The molecular weight excluding hydrogens is 282 g/mol. The van der Waals surface area contributed by atoms with Crippen LogP contribution < -0.4 is 4.90 Å². The van der Waals surface area contributed by atoms with Crippen molar-refractivity contribution in [3.8, 4) is 0 Å². The van der Waals surface area contributed by atoms with Crippen molar-refractivity contribution in [2.24, 2.45) is 0 Å². The maximum Gasteiger partial charge on any atom is 0.305 e. The molecule has 0 aliphatic rings. The van der Waals surface area contributed by atoms with Gasteiger partial charge >= 0.3 is 5.97 Å². The first-order valence-corrected chi connectivity index (χ1v) is 6.15. The zero-order valence-corrected chi connectivity index (χ0v) is 11.4. The summed E-state index contributed by atoms with van der Waals surface area (Å²) in [5.41, 5.74) is 2.02. The summed E-state index contributed by atoms with van der Waals surface area (Å²) in [6, 6.07) is 7.83. The van der Waals surface area contributed by atoms with E-state index in [9.17, 15) is 4.79 Å². The van der Waals surface area contributed by atoms with Crippen LogP contribution in [0.25, 0.3) is 0 Å². The smallest absolute Gasteiger partial charge is 0.305 e. The van der Waals surface area contributed by atoms with E-state index in [1.54, 1.807) is 0 Å². The molecule has 4 heteroatoms. The Morgan fingerprint density at radius 3 is 2.47 bits per heavy atom. The van der Waals surface area contributed by atoms with Gasteiger partial charge in [0.2, 0.25) is 0 Å². The van der Waals surface area contributed by atoms with E-state index in [1.165, 1.54) is 0 Å². The van der Waals surface area contributed by atoms with E-state index in [-0.39, 0.29) is 6.42 Å². The van der Waals surface area contributed by atoms with Crippen molar-refractivity contribution < 1.29 is 9.90 Å². The van der Waals surface area contributed by atoms with E-state index in [2.05, 4.69) is 22.5 Å². The number of halogens is 1. The molecule has 0 aromatic heterocycles. The van der Waals surface area contributed by atoms with Gasteiger partial charge in [-0.05, 0) is 31.2 Å². The van der Waals surface area contributed by atoms with Gasteiger partial charge < -0.3 is 10.0 Å². The number of benzene rings is 1. The Bertz CT molecular complexity index is 400. The summed E-state index contributed by atoms with van der Waals surface area (Å²) in [4.78, 5) is 12.6. The molecule has 0 bridgehead atoms. The van der Waals surface area contributed by atoms with Crippen LogP contribution >= 0.6 is 15.9 Å². The molecule has 92 valence electrons. The lowest BCUT2D eigenvalue weighted by Crippen LogP contribution is -2.27. The molecule has 1 N–H and O–H groups in total. The fourth-order valence-electron chi connectivity index (χ4n) is 1.51. The van der Waals surface area contributed by atoms with Gasteiger partial charge in [-0.25, -0.2) is 0 Å². The third-order valence-corrected chi connectivity index (χ3v) is 2.78. The predicted molar refractivity (Wildman–Crippen MR) is 73.4 cm³/mol. The second-order valence-corrected chi connectivity index (χ2v) is 4.91. The molecule has 0 atom stereocenters. The zero-order valence-electron chi connectivity index (χ0n) is 9.82. The summed E-state index contributed by atoms with van der Waals surface area (Å²) in [6.07, 6.45) is 0.128. The highest BCUT2D eigenvalue weighted by Gasteiger charge is 2.08. The molecule has 1 aromatic carbocycles. The lowest BCUT2D eigenvalue weighted by molar-refractivity contribution is -0.136. The molecule has 0 radical (unpaired) electrons. The Hall–Kier alpha value is -1.29. The van der Waals surface area contributed by atoms with Gasteiger partial charge in [-0.2, -0.15) is 0 Å². The van der Waals surface area contributed by atoms with Gasteiger partial charge in [0.15, 0.2) is 0 Å². The fourth-order valence-corrected chi connectivity index (χ4v) is 1.77. The average molecular weight is 298 g/mol. The third kappa shape index (κ3) is 5.04. The fraction of sp³-hybridized carbons (Fsp3) is 0.308. The van der Waals surface area contributed by atoms with Crippen molar-refractivity contribution in [2.45, 2.75) is 13.3 Å². The number of aliphatic carboxylic acids is 1. The van der Waals surface area contributed by atoms with Crippen molar-refractivity contribution in [1.29, 1.82) is 0 Å². The van der Waals surface area contributed by atoms with Gasteiger partial charge in [0.25, 0.3) is 0 Å². The van der Waals surface area contributed by atoms with Crippen molar-refractivity contribution in [2.75, 3.05) is 18.0 Å². The van der Waals surface area contributed by atoms with Gasteiger partial charge in [-0.1, -0.05) is 28.1 Å². The van der Waals surface area contributed by atoms with E-state index in [0.717, 1.165) is 15.7 Å². The second-order valence-electron chi connectivity index (χ2n) is 4.00. The monoisotopic (exact) mass is 297 g/mol. The first kappa shape index (κ1) is 13.8. The van der Waals surface area contributed by atoms with Crippen molar-refractivity contribution in [3.05, 3.63) is 40.9 Å². The molecule has 0 heterocycles. The molecular formula is C13H16BrNO2. The van der Waals surface area contributed by atoms with E-state index in [0.29, 0.717) is 13.1 Å². The van der Waals surface area contributed by atoms with Crippen LogP contribution in [0.15, 0.2) is 40.9 Å². The Labute approximate surface area is 110 Å². The van der Waals surface area contributed by atoms with Crippen molar-refractivity contribution >= 4 is 27.6 Å². The maximum absolute atomic E-state index is 10.6. The number of hydrogen-bond acceptors (Lipinski definition) is 2. The third-order valence-electron chi connectivity index (χ3n) is 2.25. The molecule has 17 heavy (non-hydrogen) atoms. The summed E-state index contributed by atoms with van der Waals surface area (Å²) in [5.74, 6) is -0.783. The Balaban J connectivity index is 2.77. The normalized spacial score (nSPS) is 10.0. The van der Waals surface area contributed by atoms with Gasteiger partial charge in [0, 0.05) is 23.2 Å². The minimum absolute atomic E-state index is 0.128. The van der Waals surface area contributed by atoms with Crippen LogP contribution in [0, 0.1) is 0 Å². The zero-order chi connectivity index (χ0) is 12.8. The molecule has 0 amide bonds. The summed E-state index contributed by atoms with van der Waals surface area (Å²) >= 11 is 3.38. The SMILES string of the molecule is C=C(C)CN(CCC(=O)O)c1ccc(Br)cc1.